The predicted molar refractivity (Wildman–Crippen MR) is 86.4 cm³/mol. The molecule has 1 atom stereocenters. The summed E-state index contributed by atoms with van der Waals surface area (Å²) >= 11 is 0. The third-order valence-electron chi connectivity index (χ3n) is 4.12. The standard InChI is InChI=1S/C16H25FN2O.ClH/c1-12-4-5-13(14(17)10-12)15(16(2,3)11-20)19-8-6-18-7-9-19;/h4-5,10,15,18,20H,6-9,11H2,1-3H3;1H/t15-;/m0./s1. The van der Waals surface area contributed by atoms with Gasteiger partial charge >= 0.3 is 0 Å². The Kier molecular flexibility index (Phi) is 6.60. The largest absolute Gasteiger partial charge is 0.396 e. The van der Waals surface area contributed by atoms with E-state index >= 15 is 0 Å². The van der Waals surface area contributed by atoms with Gasteiger partial charge < -0.3 is 10.4 Å². The lowest BCUT2D eigenvalue weighted by Gasteiger charge is -2.43. The molecule has 21 heavy (non-hydrogen) atoms. The third-order valence-corrected chi connectivity index (χ3v) is 4.12. The molecule has 2 rings (SSSR count). The van der Waals surface area contributed by atoms with Crippen molar-refractivity contribution in [2.75, 3.05) is 32.8 Å². The normalized spacial score (nSPS) is 18.1. The molecule has 5 heteroatoms. The molecule has 0 bridgehead atoms. The maximum atomic E-state index is 14.4. The van der Waals surface area contributed by atoms with Crippen LogP contribution < -0.4 is 5.32 Å². The van der Waals surface area contributed by atoms with E-state index < -0.39 is 0 Å². The molecule has 3 nitrogen and oxygen atoms in total. The Labute approximate surface area is 132 Å². The van der Waals surface area contributed by atoms with Crippen LogP contribution in [0.3, 0.4) is 0 Å². The molecule has 1 aliphatic rings. The Morgan fingerprint density at radius 1 is 1.33 bits per heavy atom. The summed E-state index contributed by atoms with van der Waals surface area (Å²) in [5.41, 5.74) is 1.23. The summed E-state index contributed by atoms with van der Waals surface area (Å²) in [6.07, 6.45) is 0. The Morgan fingerprint density at radius 3 is 2.48 bits per heavy atom. The second-order valence-electron chi connectivity index (χ2n) is 6.36. The average Bonchev–Trinajstić information content (AvgIpc) is 2.43. The molecule has 1 aliphatic heterocycles. The van der Waals surface area contributed by atoms with Gasteiger partial charge in [0.05, 0.1) is 0 Å². The minimum absolute atomic E-state index is 0. The Bertz CT molecular complexity index is 462. The van der Waals surface area contributed by atoms with E-state index in [2.05, 4.69) is 10.2 Å². The van der Waals surface area contributed by atoms with Gasteiger partial charge in [0.1, 0.15) is 5.82 Å². The average molecular weight is 317 g/mol. The van der Waals surface area contributed by atoms with E-state index in [1.807, 2.05) is 32.9 Å². The van der Waals surface area contributed by atoms with Gasteiger partial charge in [0.2, 0.25) is 0 Å². The maximum Gasteiger partial charge on any atom is 0.128 e. The van der Waals surface area contributed by atoms with Crippen molar-refractivity contribution in [1.29, 1.82) is 0 Å². The van der Waals surface area contributed by atoms with Crippen molar-refractivity contribution in [2.45, 2.75) is 26.8 Å². The van der Waals surface area contributed by atoms with Gasteiger partial charge in [-0.2, -0.15) is 0 Å². The topological polar surface area (TPSA) is 35.5 Å². The summed E-state index contributed by atoms with van der Waals surface area (Å²) in [6, 6.07) is 5.29. The van der Waals surface area contributed by atoms with Gasteiger partial charge in [-0.3, -0.25) is 4.90 Å². The summed E-state index contributed by atoms with van der Waals surface area (Å²) < 4.78 is 14.4. The molecule has 2 N–H and O–H groups in total. The molecule has 1 heterocycles. The highest BCUT2D eigenvalue weighted by Crippen LogP contribution is 2.39. The molecule has 0 amide bonds. The first-order chi connectivity index (χ1) is 9.45. The van der Waals surface area contributed by atoms with Gasteiger partial charge in [0, 0.05) is 49.8 Å². The van der Waals surface area contributed by atoms with E-state index in [9.17, 15) is 9.50 Å². The number of aryl methyl sites for hydroxylation is 1. The molecule has 1 aromatic rings. The van der Waals surface area contributed by atoms with Gasteiger partial charge in [0.25, 0.3) is 0 Å². The zero-order valence-electron chi connectivity index (χ0n) is 13.0. The van der Waals surface area contributed by atoms with Crippen molar-refractivity contribution in [1.82, 2.24) is 10.2 Å². The van der Waals surface area contributed by atoms with E-state index in [0.29, 0.717) is 5.56 Å². The predicted octanol–water partition coefficient (Wildman–Crippen LogP) is 2.52. The number of nitrogens with zero attached hydrogens (tertiary/aromatic N) is 1. The van der Waals surface area contributed by atoms with Gasteiger partial charge in [-0.1, -0.05) is 26.0 Å². The number of halogens is 2. The van der Waals surface area contributed by atoms with Crippen LogP contribution in [-0.2, 0) is 0 Å². The van der Waals surface area contributed by atoms with Crippen LogP contribution in [0.5, 0.6) is 0 Å². The number of aliphatic hydroxyl groups excluding tert-OH is 1. The van der Waals surface area contributed by atoms with Gasteiger partial charge in [-0.05, 0) is 18.6 Å². The van der Waals surface area contributed by atoms with Crippen molar-refractivity contribution >= 4 is 12.4 Å². The van der Waals surface area contributed by atoms with Crippen LogP contribution in [0.4, 0.5) is 4.39 Å². The number of benzene rings is 1. The van der Waals surface area contributed by atoms with Crippen molar-refractivity contribution in [3.05, 3.63) is 35.1 Å². The van der Waals surface area contributed by atoms with Crippen molar-refractivity contribution in [3.8, 4) is 0 Å². The van der Waals surface area contributed by atoms with Crippen molar-refractivity contribution in [3.63, 3.8) is 0 Å². The zero-order chi connectivity index (χ0) is 14.8. The number of nitrogens with one attached hydrogen (secondary N) is 1. The molecule has 0 saturated carbocycles. The van der Waals surface area contributed by atoms with Crippen LogP contribution in [0.25, 0.3) is 0 Å². The molecule has 0 aliphatic carbocycles. The monoisotopic (exact) mass is 316 g/mol. The minimum atomic E-state index is -0.382. The fraction of sp³-hybridized carbons (Fsp3) is 0.625. The lowest BCUT2D eigenvalue weighted by molar-refractivity contribution is 0.0286. The highest BCUT2D eigenvalue weighted by Gasteiger charge is 2.37. The summed E-state index contributed by atoms with van der Waals surface area (Å²) in [6.45, 7) is 9.50. The van der Waals surface area contributed by atoms with Crippen LogP contribution in [0.2, 0.25) is 0 Å². The van der Waals surface area contributed by atoms with E-state index in [1.54, 1.807) is 6.07 Å². The fourth-order valence-electron chi connectivity index (χ4n) is 2.99. The quantitative estimate of drug-likeness (QED) is 0.896. The number of piperazine rings is 1. The molecule has 0 spiro atoms. The lowest BCUT2D eigenvalue weighted by atomic mass is 9.79. The van der Waals surface area contributed by atoms with Gasteiger partial charge in [-0.25, -0.2) is 4.39 Å². The van der Waals surface area contributed by atoms with Crippen LogP contribution >= 0.6 is 12.4 Å². The highest BCUT2D eigenvalue weighted by molar-refractivity contribution is 5.85. The number of hydrogen-bond acceptors (Lipinski definition) is 3. The van der Waals surface area contributed by atoms with E-state index in [-0.39, 0.29) is 36.3 Å². The first-order valence-electron chi connectivity index (χ1n) is 7.27. The minimum Gasteiger partial charge on any atom is -0.396 e. The summed E-state index contributed by atoms with van der Waals surface area (Å²) in [5, 5.41) is 13.1. The Balaban J connectivity index is 0.00000220. The zero-order valence-corrected chi connectivity index (χ0v) is 13.8. The number of rotatable bonds is 4. The molecular weight excluding hydrogens is 291 g/mol. The first kappa shape index (κ1) is 18.4. The SMILES string of the molecule is Cc1ccc([C@H](N2CCNCC2)C(C)(C)CO)c(F)c1.Cl. The molecule has 1 saturated heterocycles. The second-order valence-corrected chi connectivity index (χ2v) is 6.36. The Hall–Kier alpha value is -0.680. The summed E-state index contributed by atoms with van der Waals surface area (Å²) in [7, 11) is 0. The summed E-state index contributed by atoms with van der Waals surface area (Å²) in [5.74, 6) is -0.171. The fourth-order valence-corrected chi connectivity index (χ4v) is 2.99. The number of hydrogen-bond donors (Lipinski definition) is 2. The number of aliphatic hydroxyl groups is 1. The molecule has 0 aromatic heterocycles. The smallest absolute Gasteiger partial charge is 0.128 e. The van der Waals surface area contributed by atoms with Gasteiger partial charge in [-0.15, -0.1) is 12.4 Å². The van der Waals surface area contributed by atoms with Gasteiger partial charge in [0.15, 0.2) is 0 Å². The molecule has 1 aromatic carbocycles. The van der Waals surface area contributed by atoms with Crippen molar-refractivity contribution < 1.29 is 9.50 Å². The molecular formula is C16H26ClFN2O. The molecule has 120 valence electrons. The van der Waals surface area contributed by atoms with Crippen LogP contribution in [0.15, 0.2) is 18.2 Å². The second kappa shape index (κ2) is 7.54. The third kappa shape index (κ3) is 4.16. The maximum absolute atomic E-state index is 14.4. The first-order valence-corrected chi connectivity index (χ1v) is 7.27. The Morgan fingerprint density at radius 2 is 1.95 bits per heavy atom. The molecule has 1 fully saturated rings. The van der Waals surface area contributed by atoms with E-state index in [0.717, 1.165) is 31.7 Å². The summed E-state index contributed by atoms with van der Waals surface area (Å²) in [4.78, 5) is 2.28. The van der Waals surface area contributed by atoms with Crippen molar-refractivity contribution in [2.24, 2.45) is 5.41 Å². The molecule has 0 unspecified atom stereocenters. The lowest BCUT2D eigenvalue weighted by Crippen LogP contribution is -2.49. The highest BCUT2D eigenvalue weighted by atomic mass is 35.5. The van der Waals surface area contributed by atoms with E-state index in [4.69, 9.17) is 0 Å². The van der Waals surface area contributed by atoms with Crippen LogP contribution in [0, 0.1) is 18.2 Å². The van der Waals surface area contributed by atoms with E-state index in [1.165, 1.54) is 0 Å². The molecule has 0 radical (unpaired) electrons. The van der Waals surface area contributed by atoms with Crippen LogP contribution in [0.1, 0.15) is 31.0 Å². The van der Waals surface area contributed by atoms with Crippen LogP contribution in [-0.4, -0.2) is 42.8 Å².